The van der Waals surface area contributed by atoms with Crippen molar-refractivity contribution in [2.24, 2.45) is 0 Å². The summed E-state index contributed by atoms with van der Waals surface area (Å²) in [5, 5.41) is 0. The number of fused-ring (bicyclic) bond motifs is 1. The molecular formula is C23H23F3N2O8S. The molecule has 2 amide bonds. The molecule has 0 N–H and O–H groups in total. The van der Waals surface area contributed by atoms with Crippen molar-refractivity contribution in [2.75, 3.05) is 20.8 Å². The first-order chi connectivity index (χ1) is 17.5. The van der Waals surface area contributed by atoms with Gasteiger partial charge in [0, 0.05) is 6.54 Å². The lowest BCUT2D eigenvalue weighted by Crippen LogP contribution is -2.68. The van der Waals surface area contributed by atoms with Crippen molar-refractivity contribution in [1.82, 2.24) is 9.80 Å². The molecule has 200 valence electrons. The zero-order valence-electron chi connectivity index (χ0n) is 19.7. The van der Waals surface area contributed by atoms with Gasteiger partial charge in [-0.15, -0.1) is 0 Å². The average Bonchev–Trinajstić information content (AvgIpc) is 3.19. The molecule has 2 aliphatic heterocycles. The summed E-state index contributed by atoms with van der Waals surface area (Å²) in [6, 6.07) is 11.0. The number of carbonyl (C=O) groups excluding carboxylic acids is 2. The highest BCUT2D eigenvalue weighted by molar-refractivity contribution is 7.87. The Morgan fingerprint density at radius 1 is 1.03 bits per heavy atom. The molecule has 2 fully saturated rings. The number of nitrogens with zero attached hydrogens (tertiary/aromatic N) is 2. The number of hydrogen-bond acceptors (Lipinski definition) is 8. The molecule has 2 aromatic rings. The van der Waals surface area contributed by atoms with Gasteiger partial charge in [-0.25, -0.2) is 4.79 Å². The molecule has 0 spiro atoms. The van der Waals surface area contributed by atoms with E-state index in [1.807, 2.05) is 0 Å². The van der Waals surface area contributed by atoms with Crippen LogP contribution in [0.4, 0.5) is 18.0 Å². The summed E-state index contributed by atoms with van der Waals surface area (Å²) in [6.45, 7) is -0.838. The van der Waals surface area contributed by atoms with Gasteiger partial charge in [-0.2, -0.15) is 21.6 Å². The van der Waals surface area contributed by atoms with Gasteiger partial charge in [-0.3, -0.25) is 13.9 Å². The van der Waals surface area contributed by atoms with Gasteiger partial charge in [0.05, 0.1) is 26.8 Å². The Morgan fingerprint density at radius 2 is 1.70 bits per heavy atom. The first kappa shape index (κ1) is 26.5. The van der Waals surface area contributed by atoms with Gasteiger partial charge >= 0.3 is 21.7 Å². The normalized spacial score (nSPS) is 21.3. The van der Waals surface area contributed by atoms with Crippen molar-refractivity contribution in [3.63, 3.8) is 0 Å². The molecule has 3 atom stereocenters. The Morgan fingerprint density at radius 3 is 2.32 bits per heavy atom. The van der Waals surface area contributed by atoms with Gasteiger partial charge in [-0.1, -0.05) is 36.4 Å². The topological polar surface area (TPSA) is 112 Å². The van der Waals surface area contributed by atoms with Gasteiger partial charge < -0.3 is 19.1 Å². The van der Waals surface area contributed by atoms with E-state index >= 15 is 0 Å². The van der Waals surface area contributed by atoms with Crippen LogP contribution < -0.4 is 9.47 Å². The van der Waals surface area contributed by atoms with E-state index in [1.165, 1.54) is 14.2 Å². The molecule has 3 unspecified atom stereocenters. The van der Waals surface area contributed by atoms with E-state index in [1.54, 1.807) is 48.5 Å². The maximum Gasteiger partial charge on any atom is 0.523 e. The minimum Gasteiger partial charge on any atom is -0.493 e. The van der Waals surface area contributed by atoms with Crippen LogP contribution in [0.5, 0.6) is 11.5 Å². The Bertz CT molecular complexity index is 1270. The van der Waals surface area contributed by atoms with E-state index in [0.717, 1.165) is 9.80 Å². The number of hydrogen-bond donors (Lipinski definition) is 0. The Balaban J connectivity index is 1.56. The standard InChI is InChI=1S/C23H23F3N2O8S/c1-33-16-9-8-15(10-17(16)34-2)11-27-19-18(36-37(31,32)23(24,25)26)12-28(20(19)21(27)29)22(30)35-13-14-6-4-3-5-7-14/h3-10,18-20H,11-13H2,1-2H3. The number of likely N-dealkylation sites (tertiary alicyclic amines) is 2. The molecule has 2 aliphatic rings. The number of halogens is 3. The summed E-state index contributed by atoms with van der Waals surface area (Å²) in [6.07, 6.45) is -2.63. The highest BCUT2D eigenvalue weighted by Crippen LogP contribution is 2.40. The molecule has 2 heterocycles. The molecule has 10 nitrogen and oxygen atoms in total. The maximum atomic E-state index is 13.0. The molecule has 14 heteroatoms. The van der Waals surface area contributed by atoms with E-state index in [0.29, 0.717) is 22.6 Å². The van der Waals surface area contributed by atoms with Crippen LogP contribution in [0.1, 0.15) is 11.1 Å². The Hall–Kier alpha value is -3.52. The zero-order chi connectivity index (χ0) is 27.0. The number of alkyl halides is 3. The van der Waals surface area contributed by atoms with Crippen molar-refractivity contribution < 1.29 is 49.6 Å². The van der Waals surface area contributed by atoms with Crippen LogP contribution in [0, 0.1) is 0 Å². The van der Waals surface area contributed by atoms with Crippen LogP contribution in [0.2, 0.25) is 0 Å². The third-order valence-electron chi connectivity index (χ3n) is 6.09. The lowest BCUT2D eigenvalue weighted by molar-refractivity contribution is -0.156. The Kier molecular flexibility index (Phi) is 7.24. The van der Waals surface area contributed by atoms with Crippen LogP contribution in [0.25, 0.3) is 0 Å². The van der Waals surface area contributed by atoms with Crippen LogP contribution in [0.3, 0.4) is 0 Å². The quantitative estimate of drug-likeness (QED) is 0.283. The summed E-state index contributed by atoms with van der Waals surface area (Å²) in [5.74, 6) is 0.186. The average molecular weight is 545 g/mol. The highest BCUT2D eigenvalue weighted by Gasteiger charge is 2.63. The first-order valence-electron chi connectivity index (χ1n) is 10.9. The summed E-state index contributed by atoms with van der Waals surface area (Å²) >= 11 is 0. The monoisotopic (exact) mass is 544 g/mol. The van der Waals surface area contributed by atoms with Gasteiger partial charge in [0.15, 0.2) is 11.5 Å². The molecule has 0 aromatic heterocycles. The fraction of sp³-hybridized carbons (Fsp3) is 0.391. The number of benzene rings is 2. The zero-order valence-corrected chi connectivity index (χ0v) is 20.5. The summed E-state index contributed by atoms with van der Waals surface area (Å²) in [5.41, 5.74) is -4.49. The summed E-state index contributed by atoms with van der Waals surface area (Å²) in [4.78, 5) is 27.8. The number of β-lactam (4-membered cyclic amide) rings is 1. The molecule has 0 saturated carbocycles. The van der Waals surface area contributed by atoms with E-state index in [4.69, 9.17) is 14.2 Å². The Labute approximate surface area is 210 Å². The van der Waals surface area contributed by atoms with Crippen LogP contribution >= 0.6 is 0 Å². The molecule has 0 aliphatic carbocycles. The van der Waals surface area contributed by atoms with Crippen molar-refractivity contribution >= 4 is 22.1 Å². The number of rotatable bonds is 8. The molecule has 0 radical (unpaired) electrons. The number of methoxy groups -OCH3 is 2. The maximum absolute atomic E-state index is 13.0. The predicted octanol–water partition coefficient (Wildman–Crippen LogP) is 2.67. The van der Waals surface area contributed by atoms with Gasteiger partial charge in [0.25, 0.3) is 0 Å². The third kappa shape index (κ3) is 5.16. The largest absolute Gasteiger partial charge is 0.523 e. The van der Waals surface area contributed by atoms with Crippen molar-refractivity contribution in [2.45, 2.75) is 36.8 Å². The predicted molar refractivity (Wildman–Crippen MR) is 121 cm³/mol. The molecule has 4 rings (SSSR count). The lowest BCUT2D eigenvalue weighted by atomic mass is 9.93. The number of ether oxygens (including phenoxy) is 3. The second-order valence-electron chi connectivity index (χ2n) is 8.32. The highest BCUT2D eigenvalue weighted by atomic mass is 32.2. The van der Waals surface area contributed by atoms with Gasteiger partial charge in [0.2, 0.25) is 5.91 Å². The summed E-state index contributed by atoms with van der Waals surface area (Å²) in [7, 11) is -3.15. The minimum absolute atomic E-state index is 0.0980. The molecule has 2 saturated heterocycles. The van der Waals surface area contributed by atoms with E-state index < -0.39 is 52.4 Å². The fourth-order valence-electron chi connectivity index (χ4n) is 4.34. The molecule has 37 heavy (non-hydrogen) atoms. The molecule has 0 bridgehead atoms. The lowest BCUT2D eigenvalue weighted by Gasteiger charge is -2.46. The summed E-state index contributed by atoms with van der Waals surface area (Å²) < 4.78 is 82.8. The first-order valence-corrected chi connectivity index (χ1v) is 12.4. The number of carbonyl (C=O) groups is 2. The van der Waals surface area contributed by atoms with Crippen LogP contribution in [-0.4, -0.2) is 74.7 Å². The number of amides is 2. The second-order valence-corrected chi connectivity index (χ2v) is 9.88. The fourth-order valence-corrected chi connectivity index (χ4v) is 4.95. The second kappa shape index (κ2) is 10.1. The third-order valence-corrected chi connectivity index (χ3v) is 7.15. The molecular weight excluding hydrogens is 521 g/mol. The van der Waals surface area contributed by atoms with E-state index in [2.05, 4.69) is 4.18 Å². The minimum atomic E-state index is -5.99. The molecule has 2 aromatic carbocycles. The van der Waals surface area contributed by atoms with Gasteiger partial charge in [0.1, 0.15) is 18.8 Å². The van der Waals surface area contributed by atoms with Crippen molar-refractivity contribution in [3.05, 3.63) is 59.7 Å². The van der Waals surface area contributed by atoms with Crippen molar-refractivity contribution in [1.29, 1.82) is 0 Å². The smallest absolute Gasteiger partial charge is 0.493 e. The van der Waals surface area contributed by atoms with E-state index in [9.17, 15) is 31.2 Å². The van der Waals surface area contributed by atoms with E-state index in [-0.39, 0.29) is 13.2 Å². The van der Waals surface area contributed by atoms with Crippen LogP contribution in [-0.2, 0) is 37.0 Å². The van der Waals surface area contributed by atoms with Gasteiger partial charge in [-0.05, 0) is 23.3 Å². The van der Waals surface area contributed by atoms with Crippen molar-refractivity contribution in [3.8, 4) is 11.5 Å². The van der Waals surface area contributed by atoms with Crippen LogP contribution in [0.15, 0.2) is 48.5 Å². The SMILES string of the molecule is COc1ccc(CN2C(=O)C3C2C(OS(=O)(=O)C(F)(F)F)CN3C(=O)OCc2ccccc2)cc1OC.